The Balaban J connectivity index is 2.48. The Morgan fingerprint density at radius 2 is 2.31 bits per heavy atom. The molecule has 6 heteroatoms. The number of hydrogen-bond acceptors (Lipinski definition) is 3. The van der Waals surface area contributed by atoms with Gasteiger partial charge in [0.15, 0.2) is 0 Å². The van der Waals surface area contributed by atoms with E-state index in [1.807, 2.05) is 0 Å². The first-order chi connectivity index (χ1) is 7.66. The first-order valence-corrected chi connectivity index (χ1v) is 4.97. The van der Waals surface area contributed by atoms with Crippen LogP contribution in [0, 0.1) is 0 Å². The first-order valence-electron chi connectivity index (χ1n) is 4.59. The second kappa shape index (κ2) is 4.32. The van der Waals surface area contributed by atoms with E-state index in [-0.39, 0.29) is 5.91 Å². The standard InChI is InChI=1S/C10H9ClN4O/c1-7(16)14-9-4-8(11)2-3-10(9)15-6-12-5-13-15/h2-6H,1H3,(H,14,16). The lowest BCUT2D eigenvalue weighted by molar-refractivity contribution is -0.114. The maximum absolute atomic E-state index is 11.0. The Morgan fingerprint density at radius 3 is 2.94 bits per heavy atom. The lowest BCUT2D eigenvalue weighted by atomic mass is 10.2. The zero-order valence-electron chi connectivity index (χ0n) is 8.51. The molecule has 16 heavy (non-hydrogen) atoms. The van der Waals surface area contributed by atoms with Gasteiger partial charge < -0.3 is 5.32 Å². The summed E-state index contributed by atoms with van der Waals surface area (Å²) in [7, 11) is 0. The van der Waals surface area contributed by atoms with Crippen LogP contribution in [0.2, 0.25) is 5.02 Å². The molecule has 2 aromatic rings. The van der Waals surface area contributed by atoms with Gasteiger partial charge in [-0.2, -0.15) is 5.10 Å². The molecule has 2 rings (SSSR count). The number of aromatic nitrogens is 3. The summed E-state index contributed by atoms with van der Waals surface area (Å²) in [5.74, 6) is -0.163. The largest absolute Gasteiger partial charge is 0.324 e. The number of anilines is 1. The molecule has 0 aliphatic rings. The third-order valence-corrected chi connectivity index (χ3v) is 2.17. The summed E-state index contributed by atoms with van der Waals surface area (Å²) in [6.07, 6.45) is 2.97. The first kappa shape index (κ1) is 10.6. The number of nitrogens with zero attached hydrogens (tertiary/aromatic N) is 3. The average molecular weight is 237 g/mol. The summed E-state index contributed by atoms with van der Waals surface area (Å²) in [5, 5.41) is 7.23. The van der Waals surface area contributed by atoms with Gasteiger partial charge in [-0.15, -0.1) is 0 Å². The Morgan fingerprint density at radius 1 is 1.50 bits per heavy atom. The van der Waals surface area contributed by atoms with Gasteiger partial charge in [-0.05, 0) is 18.2 Å². The lowest BCUT2D eigenvalue weighted by Crippen LogP contribution is -2.09. The highest BCUT2D eigenvalue weighted by Crippen LogP contribution is 2.23. The minimum atomic E-state index is -0.163. The monoisotopic (exact) mass is 236 g/mol. The fourth-order valence-electron chi connectivity index (χ4n) is 1.33. The van der Waals surface area contributed by atoms with Crippen molar-refractivity contribution in [2.24, 2.45) is 0 Å². The molecule has 0 atom stereocenters. The maximum atomic E-state index is 11.0. The number of rotatable bonds is 2. The minimum absolute atomic E-state index is 0.163. The van der Waals surface area contributed by atoms with Crippen LogP contribution in [0.25, 0.3) is 5.69 Å². The van der Waals surface area contributed by atoms with Crippen molar-refractivity contribution in [1.82, 2.24) is 14.8 Å². The molecule has 5 nitrogen and oxygen atoms in total. The van der Waals surface area contributed by atoms with Gasteiger partial charge in [-0.3, -0.25) is 4.79 Å². The third kappa shape index (κ3) is 2.20. The summed E-state index contributed by atoms with van der Waals surface area (Å²) in [6, 6.07) is 5.16. The van der Waals surface area contributed by atoms with Crippen LogP contribution < -0.4 is 5.32 Å². The van der Waals surface area contributed by atoms with Gasteiger partial charge in [0.25, 0.3) is 0 Å². The number of carbonyl (C=O) groups excluding carboxylic acids is 1. The topological polar surface area (TPSA) is 59.8 Å². The molecular weight excluding hydrogens is 228 g/mol. The van der Waals surface area contributed by atoms with E-state index in [2.05, 4.69) is 15.4 Å². The number of hydrogen-bond donors (Lipinski definition) is 1. The SMILES string of the molecule is CC(=O)Nc1cc(Cl)ccc1-n1cncn1. The summed E-state index contributed by atoms with van der Waals surface area (Å²) >= 11 is 5.87. The molecule has 0 spiro atoms. The molecule has 0 aliphatic heterocycles. The van der Waals surface area contributed by atoms with E-state index in [1.54, 1.807) is 29.2 Å². The summed E-state index contributed by atoms with van der Waals surface area (Å²) in [6.45, 7) is 1.44. The van der Waals surface area contributed by atoms with Gasteiger partial charge in [0.05, 0.1) is 11.4 Å². The van der Waals surface area contributed by atoms with E-state index >= 15 is 0 Å². The molecule has 1 aromatic carbocycles. The molecule has 0 radical (unpaired) electrons. The molecule has 1 heterocycles. The molecule has 0 saturated carbocycles. The second-order valence-corrected chi connectivity index (χ2v) is 3.62. The zero-order valence-corrected chi connectivity index (χ0v) is 9.27. The van der Waals surface area contributed by atoms with Crippen LogP contribution in [0.1, 0.15) is 6.92 Å². The maximum Gasteiger partial charge on any atom is 0.221 e. The van der Waals surface area contributed by atoms with E-state index in [1.165, 1.54) is 13.3 Å². The van der Waals surface area contributed by atoms with E-state index in [9.17, 15) is 4.79 Å². The normalized spacial score (nSPS) is 10.1. The predicted octanol–water partition coefficient (Wildman–Crippen LogP) is 1.88. The molecule has 0 saturated heterocycles. The van der Waals surface area contributed by atoms with Crippen LogP contribution in [-0.4, -0.2) is 20.7 Å². The van der Waals surface area contributed by atoms with E-state index in [0.29, 0.717) is 10.7 Å². The predicted molar refractivity (Wildman–Crippen MR) is 60.7 cm³/mol. The van der Waals surface area contributed by atoms with Gasteiger partial charge in [0.2, 0.25) is 5.91 Å². The smallest absolute Gasteiger partial charge is 0.221 e. The summed E-state index contributed by atoms with van der Waals surface area (Å²) in [5.41, 5.74) is 1.32. The number of halogens is 1. The molecule has 0 fully saturated rings. The van der Waals surface area contributed by atoms with Crippen LogP contribution in [0.4, 0.5) is 5.69 Å². The van der Waals surface area contributed by atoms with Crippen molar-refractivity contribution in [2.75, 3.05) is 5.32 Å². The van der Waals surface area contributed by atoms with Gasteiger partial charge >= 0.3 is 0 Å². The Hall–Kier alpha value is -1.88. The molecule has 82 valence electrons. The average Bonchev–Trinajstić information content (AvgIpc) is 2.69. The molecule has 0 bridgehead atoms. The van der Waals surface area contributed by atoms with Crippen molar-refractivity contribution in [2.45, 2.75) is 6.92 Å². The van der Waals surface area contributed by atoms with E-state index in [0.717, 1.165) is 5.69 Å². The fourth-order valence-corrected chi connectivity index (χ4v) is 1.50. The van der Waals surface area contributed by atoms with Gasteiger partial charge in [-0.1, -0.05) is 11.6 Å². The molecule has 0 unspecified atom stereocenters. The van der Waals surface area contributed by atoms with Gasteiger partial charge in [0, 0.05) is 11.9 Å². The Kier molecular flexibility index (Phi) is 2.87. The van der Waals surface area contributed by atoms with Gasteiger partial charge in [-0.25, -0.2) is 9.67 Å². The summed E-state index contributed by atoms with van der Waals surface area (Å²) in [4.78, 5) is 14.9. The van der Waals surface area contributed by atoms with Crippen molar-refractivity contribution in [1.29, 1.82) is 0 Å². The van der Waals surface area contributed by atoms with Crippen LogP contribution in [-0.2, 0) is 4.79 Å². The van der Waals surface area contributed by atoms with Crippen LogP contribution in [0.3, 0.4) is 0 Å². The summed E-state index contributed by atoms with van der Waals surface area (Å²) < 4.78 is 1.56. The van der Waals surface area contributed by atoms with E-state index < -0.39 is 0 Å². The van der Waals surface area contributed by atoms with E-state index in [4.69, 9.17) is 11.6 Å². The number of benzene rings is 1. The van der Waals surface area contributed by atoms with Crippen molar-refractivity contribution in [3.63, 3.8) is 0 Å². The van der Waals surface area contributed by atoms with Gasteiger partial charge in [0.1, 0.15) is 12.7 Å². The van der Waals surface area contributed by atoms with Crippen molar-refractivity contribution < 1.29 is 4.79 Å². The molecule has 1 N–H and O–H groups in total. The zero-order chi connectivity index (χ0) is 11.5. The minimum Gasteiger partial charge on any atom is -0.324 e. The number of carbonyl (C=O) groups is 1. The Labute approximate surface area is 97.1 Å². The molecular formula is C10H9ClN4O. The fraction of sp³-hybridized carbons (Fsp3) is 0.100. The number of amides is 1. The lowest BCUT2D eigenvalue weighted by Gasteiger charge is -2.09. The van der Waals surface area contributed by atoms with Crippen molar-refractivity contribution in [3.8, 4) is 5.69 Å². The highest BCUT2D eigenvalue weighted by Gasteiger charge is 2.07. The van der Waals surface area contributed by atoms with Crippen LogP contribution in [0.15, 0.2) is 30.9 Å². The molecule has 0 aliphatic carbocycles. The molecule has 1 amide bonds. The van der Waals surface area contributed by atoms with Crippen LogP contribution >= 0.6 is 11.6 Å². The van der Waals surface area contributed by atoms with Crippen molar-refractivity contribution >= 4 is 23.2 Å². The Bertz CT molecular complexity index is 510. The van der Waals surface area contributed by atoms with Crippen LogP contribution in [0.5, 0.6) is 0 Å². The highest BCUT2D eigenvalue weighted by molar-refractivity contribution is 6.31. The highest BCUT2D eigenvalue weighted by atomic mass is 35.5. The third-order valence-electron chi connectivity index (χ3n) is 1.93. The quantitative estimate of drug-likeness (QED) is 0.866. The number of nitrogens with one attached hydrogen (secondary N) is 1. The van der Waals surface area contributed by atoms with Crippen molar-refractivity contribution in [3.05, 3.63) is 35.9 Å². The second-order valence-electron chi connectivity index (χ2n) is 3.18. The molecule has 1 aromatic heterocycles.